The first-order valence-corrected chi connectivity index (χ1v) is 10.9. The quantitative estimate of drug-likeness (QED) is 0.362. The highest BCUT2D eigenvalue weighted by Gasteiger charge is 2.44. The first-order chi connectivity index (χ1) is 16.2. The molecule has 190 valence electrons. The summed E-state index contributed by atoms with van der Waals surface area (Å²) in [6, 6.07) is 3.63. The zero-order valence-corrected chi connectivity index (χ0v) is 19.2. The van der Waals surface area contributed by atoms with Crippen LogP contribution in [0.1, 0.15) is 32.0 Å². The standard InChI is InChI=1S/C21H19F7N4O2S/c1-11(2)32(14-6-4-13(22)5-7-14)19(33)34-17-15(20(23,24)25)10-16(21(26,27)28)30-18(17)31-9-8-29-35-12(31)3/h4-12,29H,1-3H3. The summed E-state index contributed by atoms with van der Waals surface area (Å²) >= 11 is 0.985. The zero-order valence-electron chi connectivity index (χ0n) is 18.4. The number of aromatic nitrogens is 1. The van der Waals surface area contributed by atoms with Crippen molar-refractivity contribution in [2.75, 3.05) is 9.80 Å². The highest BCUT2D eigenvalue weighted by molar-refractivity contribution is 7.98. The number of ether oxygens (including phenoxy) is 1. The highest BCUT2D eigenvalue weighted by Crippen LogP contribution is 2.45. The summed E-state index contributed by atoms with van der Waals surface area (Å²) in [5.41, 5.74) is -3.52. The summed E-state index contributed by atoms with van der Waals surface area (Å²) in [5, 5.41) is -0.715. The molecule has 0 spiro atoms. The fraction of sp³-hybridized carbons (Fsp3) is 0.333. The van der Waals surface area contributed by atoms with Crippen LogP contribution in [-0.2, 0) is 12.4 Å². The van der Waals surface area contributed by atoms with Crippen LogP contribution in [0.4, 0.5) is 47.0 Å². The van der Waals surface area contributed by atoms with Crippen LogP contribution in [-0.4, -0.2) is 22.5 Å². The Morgan fingerprint density at radius 2 is 1.77 bits per heavy atom. The molecule has 1 aliphatic heterocycles. The summed E-state index contributed by atoms with van der Waals surface area (Å²) in [6.45, 7) is 4.55. The number of anilines is 2. The molecule has 2 heterocycles. The van der Waals surface area contributed by atoms with Crippen molar-refractivity contribution in [3.8, 4) is 5.75 Å². The third kappa shape index (κ3) is 5.92. The Hall–Kier alpha value is -3.16. The number of rotatable bonds is 4. The van der Waals surface area contributed by atoms with Crippen molar-refractivity contribution < 1.29 is 40.3 Å². The lowest BCUT2D eigenvalue weighted by molar-refractivity contribution is -0.145. The van der Waals surface area contributed by atoms with Gasteiger partial charge in [0.1, 0.15) is 17.1 Å². The summed E-state index contributed by atoms with van der Waals surface area (Å²) < 4.78 is 103. The van der Waals surface area contributed by atoms with Gasteiger partial charge in [-0.05, 0) is 63.1 Å². The fourth-order valence-electron chi connectivity index (χ4n) is 3.17. The molecule has 1 atom stereocenters. The van der Waals surface area contributed by atoms with Gasteiger partial charge in [-0.3, -0.25) is 4.90 Å². The normalized spacial score (nSPS) is 16.3. The van der Waals surface area contributed by atoms with Crippen molar-refractivity contribution in [3.05, 3.63) is 59.8 Å². The lowest BCUT2D eigenvalue weighted by Gasteiger charge is -2.32. The van der Waals surface area contributed by atoms with Gasteiger partial charge in [-0.2, -0.15) is 26.3 Å². The van der Waals surface area contributed by atoms with Crippen molar-refractivity contribution in [3.63, 3.8) is 0 Å². The molecule has 2 aromatic rings. The molecule has 1 aromatic carbocycles. The lowest BCUT2D eigenvalue weighted by atomic mass is 10.1. The Kier molecular flexibility index (Phi) is 7.43. The van der Waals surface area contributed by atoms with Gasteiger partial charge in [0.25, 0.3) is 0 Å². The number of carbonyl (C=O) groups excluding carboxylic acids is 1. The summed E-state index contributed by atoms with van der Waals surface area (Å²) in [5.74, 6) is -2.65. The Morgan fingerprint density at radius 3 is 2.29 bits per heavy atom. The van der Waals surface area contributed by atoms with E-state index in [1.54, 1.807) is 0 Å². The van der Waals surface area contributed by atoms with Crippen LogP contribution in [0.2, 0.25) is 0 Å². The Balaban J connectivity index is 2.19. The van der Waals surface area contributed by atoms with Crippen LogP contribution in [0.3, 0.4) is 0 Å². The van der Waals surface area contributed by atoms with Crippen molar-refractivity contribution in [1.29, 1.82) is 0 Å². The number of hydrogen-bond acceptors (Lipinski definition) is 6. The molecule has 0 fully saturated rings. The third-order valence-electron chi connectivity index (χ3n) is 4.74. The number of pyridine rings is 1. The molecule has 1 amide bonds. The van der Waals surface area contributed by atoms with Gasteiger partial charge >= 0.3 is 18.4 Å². The van der Waals surface area contributed by atoms with E-state index in [0.29, 0.717) is 0 Å². The molecule has 0 bridgehead atoms. The average Bonchev–Trinajstić information content (AvgIpc) is 2.74. The molecule has 14 heteroatoms. The van der Waals surface area contributed by atoms with Crippen molar-refractivity contribution in [1.82, 2.24) is 9.71 Å². The molecule has 0 saturated carbocycles. The summed E-state index contributed by atoms with van der Waals surface area (Å²) in [7, 11) is 0. The molecule has 0 aliphatic carbocycles. The first-order valence-electron chi connectivity index (χ1n) is 10.0. The molecular formula is C21H19F7N4O2S. The molecule has 1 unspecified atom stereocenters. The van der Waals surface area contributed by atoms with Crippen molar-refractivity contribution in [2.45, 2.75) is 44.5 Å². The minimum absolute atomic E-state index is 0.104. The van der Waals surface area contributed by atoms with Gasteiger partial charge in [0.15, 0.2) is 11.6 Å². The zero-order chi connectivity index (χ0) is 26.1. The third-order valence-corrected chi connectivity index (χ3v) is 5.58. The Labute approximate surface area is 199 Å². The molecule has 35 heavy (non-hydrogen) atoms. The maximum Gasteiger partial charge on any atom is 0.433 e. The van der Waals surface area contributed by atoms with E-state index in [-0.39, 0.29) is 11.8 Å². The van der Waals surface area contributed by atoms with E-state index in [2.05, 4.69) is 9.71 Å². The molecular weight excluding hydrogens is 505 g/mol. The average molecular weight is 524 g/mol. The van der Waals surface area contributed by atoms with Gasteiger partial charge in [0.2, 0.25) is 0 Å². The predicted molar refractivity (Wildman–Crippen MR) is 116 cm³/mol. The van der Waals surface area contributed by atoms with Gasteiger partial charge in [0.05, 0.1) is 5.37 Å². The van der Waals surface area contributed by atoms with Crippen LogP contribution in [0.25, 0.3) is 0 Å². The van der Waals surface area contributed by atoms with Crippen molar-refractivity contribution >= 4 is 29.5 Å². The molecule has 1 aliphatic rings. The van der Waals surface area contributed by atoms with Crippen LogP contribution >= 0.6 is 11.9 Å². The summed E-state index contributed by atoms with van der Waals surface area (Å²) in [4.78, 5) is 18.4. The second-order valence-corrected chi connectivity index (χ2v) is 8.72. The fourth-order valence-corrected chi connectivity index (χ4v) is 3.79. The van der Waals surface area contributed by atoms with E-state index >= 15 is 0 Å². The smallest absolute Gasteiger partial charge is 0.405 e. The Morgan fingerprint density at radius 1 is 1.14 bits per heavy atom. The van der Waals surface area contributed by atoms with E-state index in [1.807, 2.05) is 0 Å². The summed E-state index contributed by atoms with van der Waals surface area (Å²) in [6.07, 6.45) is -9.38. The minimum atomic E-state index is -5.32. The van der Waals surface area contributed by atoms with Crippen LogP contribution < -0.4 is 19.3 Å². The van der Waals surface area contributed by atoms with Crippen LogP contribution in [0, 0.1) is 5.82 Å². The second kappa shape index (κ2) is 9.84. The van der Waals surface area contributed by atoms with Gasteiger partial charge in [-0.25, -0.2) is 14.2 Å². The monoisotopic (exact) mass is 524 g/mol. The Bertz CT molecular complexity index is 1100. The van der Waals surface area contributed by atoms with Crippen LogP contribution in [0.5, 0.6) is 5.75 Å². The highest BCUT2D eigenvalue weighted by atomic mass is 32.2. The van der Waals surface area contributed by atoms with Gasteiger partial charge in [-0.15, -0.1) is 0 Å². The molecule has 1 N–H and O–H groups in total. The molecule has 0 radical (unpaired) electrons. The van der Waals surface area contributed by atoms with Gasteiger partial charge < -0.3 is 14.4 Å². The van der Waals surface area contributed by atoms with Crippen LogP contribution in [0.15, 0.2) is 42.7 Å². The van der Waals surface area contributed by atoms with E-state index in [0.717, 1.165) is 33.9 Å². The topological polar surface area (TPSA) is 57.7 Å². The van der Waals surface area contributed by atoms with E-state index in [9.17, 15) is 35.5 Å². The molecule has 6 nitrogen and oxygen atoms in total. The van der Waals surface area contributed by atoms with Gasteiger partial charge in [0, 0.05) is 24.1 Å². The second-order valence-electron chi connectivity index (χ2n) is 7.57. The number of amides is 1. The largest absolute Gasteiger partial charge is 0.433 e. The number of carbonyl (C=O) groups is 1. The van der Waals surface area contributed by atoms with Crippen molar-refractivity contribution in [2.24, 2.45) is 0 Å². The lowest BCUT2D eigenvalue weighted by Crippen LogP contribution is -2.40. The maximum absolute atomic E-state index is 13.9. The molecule has 0 saturated heterocycles. The molecule has 1 aromatic heterocycles. The SMILES string of the molecule is CC1SNC=CN1c1nc(C(F)(F)F)cc(C(F)(F)F)c1OC(=O)N(c1ccc(F)cc1)C(C)C. The first kappa shape index (κ1) is 26.4. The molecule has 3 rings (SSSR count). The number of benzene rings is 1. The van der Waals surface area contributed by atoms with E-state index in [1.165, 1.54) is 45.3 Å². The number of hydrogen-bond donors (Lipinski definition) is 1. The minimum Gasteiger partial charge on any atom is -0.405 e. The maximum atomic E-state index is 13.9. The number of nitrogens with one attached hydrogen (secondary N) is 1. The number of nitrogens with zero attached hydrogens (tertiary/aromatic N) is 3. The van der Waals surface area contributed by atoms with E-state index < -0.39 is 58.5 Å². The van der Waals surface area contributed by atoms with E-state index in [4.69, 9.17) is 4.74 Å². The predicted octanol–water partition coefficient (Wildman–Crippen LogP) is 6.55. The number of halogens is 7. The van der Waals surface area contributed by atoms with Gasteiger partial charge in [-0.1, -0.05) is 0 Å². The number of alkyl halides is 6.